The third-order valence-corrected chi connectivity index (χ3v) is 2.70. The number of methoxy groups -OCH3 is 1. The molecule has 1 rings (SSSR count). The van der Waals surface area contributed by atoms with Crippen molar-refractivity contribution in [2.24, 2.45) is 0 Å². The Bertz CT molecular complexity index is 382. The first-order valence-electron chi connectivity index (χ1n) is 6.89. The second kappa shape index (κ2) is 9.58. The molecule has 1 aromatic rings. The SMILES string of the molecule is COc1ccc(CNC(C)C)c(OCCOCCO)c1. The van der Waals surface area contributed by atoms with Gasteiger partial charge in [-0.3, -0.25) is 0 Å². The molecule has 0 saturated heterocycles. The second-order valence-electron chi connectivity index (χ2n) is 4.69. The van der Waals surface area contributed by atoms with Crippen molar-refractivity contribution in [3.05, 3.63) is 23.8 Å². The predicted molar refractivity (Wildman–Crippen MR) is 78.4 cm³/mol. The summed E-state index contributed by atoms with van der Waals surface area (Å²) in [5, 5.41) is 12.0. The van der Waals surface area contributed by atoms with E-state index in [0.29, 0.717) is 25.9 Å². The van der Waals surface area contributed by atoms with E-state index in [9.17, 15) is 0 Å². The van der Waals surface area contributed by atoms with Gasteiger partial charge in [0.1, 0.15) is 18.1 Å². The number of benzene rings is 1. The zero-order valence-corrected chi connectivity index (χ0v) is 12.5. The number of hydrogen-bond donors (Lipinski definition) is 2. The van der Waals surface area contributed by atoms with Gasteiger partial charge >= 0.3 is 0 Å². The lowest BCUT2D eigenvalue weighted by molar-refractivity contribution is 0.0702. The van der Waals surface area contributed by atoms with Crippen LogP contribution in [0.3, 0.4) is 0 Å². The van der Waals surface area contributed by atoms with Gasteiger partial charge in [-0.05, 0) is 6.07 Å². The van der Waals surface area contributed by atoms with Crippen molar-refractivity contribution >= 4 is 0 Å². The molecule has 114 valence electrons. The molecule has 0 bridgehead atoms. The van der Waals surface area contributed by atoms with E-state index in [1.54, 1.807) is 7.11 Å². The average Bonchev–Trinajstić information content (AvgIpc) is 2.45. The van der Waals surface area contributed by atoms with Gasteiger partial charge in [-0.25, -0.2) is 0 Å². The number of rotatable bonds is 10. The Hall–Kier alpha value is -1.30. The molecule has 0 heterocycles. The van der Waals surface area contributed by atoms with Gasteiger partial charge in [0.15, 0.2) is 0 Å². The van der Waals surface area contributed by atoms with Gasteiger partial charge in [-0.2, -0.15) is 0 Å². The van der Waals surface area contributed by atoms with E-state index in [2.05, 4.69) is 19.2 Å². The first-order valence-corrected chi connectivity index (χ1v) is 6.89. The highest BCUT2D eigenvalue weighted by Gasteiger charge is 2.06. The fraction of sp³-hybridized carbons (Fsp3) is 0.600. The lowest BCUT2D eigenvalue weighted by atomic mass is 10.2. The molecule has 0 aliphatic carbocycles. The number of aliphatic hydroxyl groups is 1. The minimum absolute atomic E-state index is 0.0305. The monoisotopic (exact) mass is 283 g/mol. The van der Waals surface area contributed by atoms with Crippen LogP contribution in [0.25, 0.3) is 0 Å². The van der Waals surface area contributed by atoms with E-state index >= 15 is 0 Å². The van der Waals surface area contributed by atoms with E-state index in [0.717, 1.165) is 23.6 Å². The molecule has 0 saturated carbocycles. The molecule has 5 heteroatoms. The number of nitrogens with one attached hydrogen (secondary N) is 1. The molecule has 0 spiro atoms. The summed E-state index contributed by atoms with van der Waals surface area (Å²) in [5.74, 6) is 1.56. The van der Waals surface area contributed by atoms with Crippen LogP contribution in [0.5, 0.6) is 11.5 Å². The summed E-state index contributed by atoms with van der Waals surface area (Å²) in [4.78, 5) is 0. The Morgan fingerprint density at radius 1 is 1.20 bits per heavy atom. The van der Waals surface area contributed by atoms with Gasteiger partial charge in [0.2, 0.25) is 0 Å². The number of hydrogen-bond acceptors (Lipinski definition) is 5. The molecule has 2 N–H and O–H groups in total. The van der Waals surface area contributed by atoms with Gasteiger partial charge in [0.25, 0.3) is 0 Å². The van der Waals surface area contributed by atoms with Crippen LogP contribution in [-0.4, -0.2) is 44.7 Å². The van der Waals surface area contributed by atoms with Crippen molar-refractivity contribution in [2.75, 3.05) is 33.5 Å². The topological polar surface area (TPSA) is 60.0 Å². The molecule has 0 aliphatic rings. The molecule has 1 aromatic carbocycles. The second-order valence-corrected chi connectivity index (χ2v) is 4.69. The van der Waals surface area contributed by atoms with E-state index in [4.69, 9.17) is 19.3 Å². The summed E-state index contributed by atoms with van der Waals surface area (Å²) >= 11 is 0. The molecule has 5 nitrogen and oxygen atoms in total. The van der Waals surface area contributed by atoms with Gasteiger partial charge in [-0.15, -0.1) is 0 Å². The molecular weight excluding hydrogens is 258 g/mol. The zero-order chi connectivity index (χ0) is 14.8. The first-order chi connectivity index (χ1) is 9.67. The summed E-state index contributed by atoms with van der Waals surface area (Å²) < 4.78 is 16.1. The Morgan fingerprint density at radius 2 is 2.00 bits per heavy atom. The summed E-state index contributed by atoms with van der Waals surface area (Å²) in [6.07, 6.45) is 0. The highest BCUT2D eigenvalue weighted by Crippen LogP contribution is 2.24. The fourth-order valence-electron chi connectivity index (χ4n) is 1.63. The molecule has 0 unspecified atom stereocenters. The summed E-state index contributed by atoms with van der Waals surface area (Å²) in [6.45, 7) is 6.22. The lowest BCUT2D eigenvalue weighted by Gasteiger charge is -2.15. The Balaban J connectivity index is 2.58. The molecule has 0 fully saturated rings. The maximum Gasteiger partial charge on any atom is 0.127 e. The van der Waals surface area contributed by atoms with Crippen LogP contribution < -0.4 is 14.8 Å². The standard InChI is InChI=1S/C15H25NO4/c1-12(2)16-11-13-4-5-14(18-3)10-15(13)20-9-8-19-7-6-17/h4-5,10,12,16-17H,6-9,11H2,1-3H3. The normalized spacial score (nSPS) is 10.8. The first kappa shape index (κ1) is 16.8. The van der Waals surface area contributed by atoms with Crippen LogP contribution in [0, 0.1) is 0 Å². The van der Waals surface area contributed by atoms with Crippen LogP contribution in [0.15, 0.2) is 18.2 Å². The summed E-state index contributed by atoms with van der Waals surface area (Å²) in [6, 6.07) is 6.21. The number of aliphatic hydroxyl groups excluding tert-OH is 1. The largest absolute Gasteiger partial charge is 0.497 e. The molecule has 0 aliphatic heterocycles. The minimum Gasteiger partial charge on any atom is -0.497 e. The van der Waals surface area contributed by atoms with Gasteiger partial charge in [-0.1, -0.05) is 19.9 Å². The highest BCUT2D eigenvalue weighted by atomic mass is 16.5. The van der Waals surface area contributed by atoms with Crippen molar-refractivity contribution in [3.8, 4) is 11.5 Å². The third-order valence-electron chi connectivity index (χ3n) is 2.70. The van der Waals surface area contributed by atoms with Crippen LogP contribution in [0.1, 0.15) is 19.4 Å². The van der Waals surface area contributed by atoms with Crippen LogP contribution >= 0.6 is 0 Å². The van der Waals surface area contributed by atoms with Crippen LogP contribution in [0.2, 0.25) is 0 Å². The Kier molecular flexibility index (Phi) is 8.02. The zero-order valence-electron chi connectivity index (χ0n) is 12.5. The van der Waals surface area contributed by atoms with Crippen molar-refractivity contribution < 1.29 is 19.3 Å². The molecule has 0 radical (unpaired) electrons. The maximum absolute atomic E-state index is 8.63. The lowest BCUT2D eigenvalue weighted by Crippen LogP contribution is -2.22. The van der Waals surface area contributed by atoms with Crippen molar-refractivity contribution in [1.82, 2.24) is 5.32 Å². The summed E-state index contributed by atoms with van der Waals surface area (Å²) in [5.41, 5.74) is 1.08. The molecule has 0 aromatic heterocycles. The quantitative estimate of drug-likeness (QED) is 0.638. The van der Waals surface area contributed by atoms with Crippen molar-refractivity contribution in [3.63, 3.8) is 0 Å². The average molecular weight is 283 g/mol. The Morgan fingerprint density at radius 3 is 2.65 bits per heavy atom. The maximum atomic E-state index is 8.63. The van der Waals surface area contributed by atoms with E-state index < -0.39 is 0 Å². The van der Waals surface area contributed by atoms with Gasteiger partial charge < -0.3 is 24.6 Å². The smallest absolute Gasteiger partial charge is 0.127 e. The molecule has 0 atom stereocenters. The fourth-order valence-corrected chi connectivity index (χ4v) is 1.63. The molecular formula is C15H25NO4. The van der Waals surface area contributed by atoms with Crippen molar-refractivity contribution in [1.29, 1.82) is 0 Å². The van der Waals surface area contributed by atoms with Crippen LogP contribution in [0.4, 0.5) is 0 Å². The Labute approximate surface area is 120 Å². The third kappa shape index (κ3) is 6.23. The van der Waals surface area contributed by atoms with Crippen molar-refractivity contribution in [2.45, 2.75) is 26.4 Å². The van der Waals surface area contributed by atoms with E-state index in [1.807, 2.05) is 18.2 Å². The van der Waals surface area contributed by atoms with Gasteiger partial charge in [0.05, 0.1) is 26.9 Å². The summed E-state index contributed by atoms with van der Waals surface area (Å²) in [7, 11) is 1.63. The predicted octanol–water partition coefficient (Wildman–Crippen LogP) is 1.58. The molecule has 20 heavy (non-hydrogen) atoms. The van der Waals surface area contributed by atoms with Gasteiger partial charge in [0, 0.05) is 24.2 Å². The van der Waals surface area contributed by atoms with E-state index in [1.165, 1.54) is 0 Å². The number of ether oxygens (including phenoxy) is 3. The highest BCUT2D eigenvalue weighted by molar-refractivity contribution is 5.40. The van der Waals surface area contributed by atoms with Crippen LogP contribution in [-0.2, 0) is 11.3 Å². The molecule has 0 amide bonds. The van der Waals surface area contributed by atoms with E-state index in [-0.39, 0.29) is 6.61 Å². The minimum atomic E-state index is 0.0305.